The van der Waals surface area contributed by atoms with Gasteiger partial charge in [0.25, 0.3) is 0 Å². The Balaban J connectivity index is 2.78. The molecule has 0 N–H and O–H groups in total. The molecule has 0 spiro atoms. The van der Waals surface area contributed by atoms with Crippen LogP contribution < -0.4 is 0 Å². The minimum absolute atomic E-state index is 0.472. The van der Waals surface area contributed by atoms with Crippen LogP contribution in [0, 0.1) is 11.8 Å². The Bertz CT molecular complexity index is 264. The van der Waals surface area contributed by atoms with Crippen molar-refractivity contribution in [2.24, 2.45) is 11.8 Å². The van der Waals surface area contributed by atoms with E-state index >= 15 is 0 Å². The molecule has 0 aromatic heterocycles. The Labute approximate surface area is 81.4 Å². The van der Waals surface area contributed by atoms with Gasteiger partial charge in [-0.15, -0.1) is 0 Å². The van der Waals surface area contributed by atoms with E-state index in [0.717, 1.165) is 12.0 Å². The van der Waals surface area contributed by atoms with Crippen molar-refractivity contribution in [2.75, 3.05) is 0 Å². The lowest BCUT2D eigenvalue weighted by Gasteiger charge is -2.18. The van der Waals surface area contributed by atoms with Crippen LogP contribution in [0.4, 0.5) is 0 Å². The lowest BCUT2D eigenvalue weighted by atomic mass is 9.87. The van der Waals surface area contributed by atoms with Gasteiger partial charge >= 0.3 is 0 Å². The molecule has 0 heteroatoms. The summed E-state index contributed by atoms with van der Waals surface area (Å²) in [4.78, 5) is 0. The van der Waals surface area contributed by atoms with Crippen LogP contribution in [0.15, 0.2) is 48.6 Å². The van der Waals surface area contributed by atoms with Crippen molar-refractivity contribution in [3.63, 3.8) is 0 Å². The number of rotatable bonds is 3. The average molecular weight is 174 g/mol. The zero-order valence-electron chi connectivity index (χ0n) is 8.59. The van der Waals surface area contributed by atoms with Crippen molar-refractivity contribution in [1.82, 2.24) is 0 Å². The molecule has 0 aromatic carbocycles. The molecule has 1 aliphatic carbocycles. The fourth-order valence-electron chi connectivity index (χ4n) is 1.50. The molecule has 0 saturated heterocycles. The molecule has 0 heterocycles. The first-order valence-corrected chi connectivity index (χ1v) is 4.84. The third-order valence-corrected chi connectivity index (χ3v) is 2.50. The van der Waals surface area contributed by atoms with E-state index < -0.39 is 0 Å². The molecule has 0 aromatic rings. The van der Waals surface area contributed by atoms with Gasteiger partial charge in [0.05, 0.1) is 0 Å². The van der Waals surface area contributed by atoms with Gasteiger partial charge in [-0.05, 0) is 23.5 Å². The van der Waals surface area contributed by atoms with E-state index in [1.807, 2.05) is 6.08 Å². The van der Waals surface area contributed by atoms with Crippen LogP contribution >= 0.6 is 0 Å². The zero-order valence-corrected chi connectivity index (χ0v) is 8.59. The van der Waals surface area contributed by atoms with Gasteiger partial charge in [-0.2, -0.15) is 0 Å². The minimum atomic E-state index is 0.472. The molecule has 1 atom stereocenters. The lowest BCUT2D eigenvalue weighted by Crippen LogP contribution is -2.04. The van der Waals surface area contributed by atoms with E-state index in [1.54, 1.807) is 0 Å². The Kier molecular flexibility index (Phi) is 3.30. The topological polar surface area (TPSA) is 0 Å². The molecule has 0 aliphatic heterocycles. The van der Waals surface area contributed by atoms with Crippen LogP contribution in [0.25, 0.3) is 0 Å². The maximum atomic E-state index is 3.99. The van der Waals surface area contributed by atoms with Crippen LogP contribution in [0.5, 0.6) is 0 Å². The maximum absolute atomic E-state index is 3.99. The first kappa shape index (κ1) is 10.0. The molecule has 1 unspecified atom stereocenters. The Morgan fingerprint density at radius 2 is 2.31 bits per heavy atom. The highest BCUT2D eigenvalue weighted by molar-refractivity contribution is 5.32. The van der Waals surface area contributed by atoms with E-state index in [0.29, 0.717) is 11.8 Å². The van der Waals surface area contributed by atoms with Crippen molar-refractivity contribution in [2.45, 2.75) is 20.3 Å². The second kappa shape index (κ2) is 4.27. The quantitative estimate of drug-likeness (QED) is 0.569. The fourth-order valence-corrected chi connectivity index (χ4v) is 1.50. The molecule has 70 valence electrons. The van der Waals surface area contributed by atoms with E-state index in [-0.39, 0.29) is 0 Å². The fraction of sp³-hybridized carbons (Fsp3) is 0.385. The van der Waals surface area contributed by atoms with Crippen LogP contribution in [-0.4, -0.2) is 0 Å². The van der Waals surface area contributed by atoms with Gasteiger partial charge in [-0.25, -0.2) is 0 Å². The summed E-state index contributed by atoms with van der Waals surface area (Å²) < 4.78 is 0. The molecule has 0 nitrogen and oxygen atoms in total. The first-order chi connectivity index (χ1) is 6.15. The number of hydrogen-bond acceptors (Lipinski definition) is 0. The summed E-state index contributed by atoms with van der Waals surface area (Å²) in [7, 11) is 0. The molecule has 1 aliphatic rings. The summed E-state index contributed by atoms with van der Waals surface area (Å²) in [5.41, 5.74) is 2.54. The van der Waals surface area contributed by atoms with Gasteiger partial charge < -0.3 is 0 Å². The Morgan fingerprint density at radius 1 is 1.62 bits per heavy atom. The number of allylic oxidation sites excluding steroid dienone is 6. The van der Waals surface area contributed by atoms with Crippen LogP contribution in [0.2, 0.25) is 0 Å². The molecule has 0 radical (unpaired) electrons. The number of hydrogen-bond donors (Lipinski definition) is 0. The Morgan fingerprint density at radius 3 is 2.85 bits per heavy atom. The smallest absolute Gasteiger partial charge is 0.00524 e. The maximum Gasteiger partial charge on any atom is 0.00524 e. The van der Waals surface area contributed by atoms with Crippen molar-refractivity contribution < 1.29 is 0 Å². The predicted octanol–water partition coefficient (Wildman–Crippen LogP) is 3.89. The molecule has 1 rings (SSSR count). The van der Waals surface area contributed by atoms with Crippen molar-refractivity contribution >= 4 is 0 Å². The normalized spacial score (nSPS) is 21.5. The minimum Gasteiger partial charge on any atom is -0.0988 e. The SMILES string of the molecule is C=CC(=C)C1C=C(C(C)C)C=CC1. The van der Waals surface area contributed by atoms with E-state index in [9.17, 15) is 0 Å². The van der Waals surface area contributed by atoms with Gasteiger partial charge in [0.1, 0.15) is 0 Å². The van der Waals surface area contributed by atoms with Crippen LogP contribution in [0.3, 0.4) is 0 Å². The summed E-state index contributed by atoms with van der Waals surface area (Å²) >= 11 is 0. The standard InChI is InChI=1S/C13H18/c1-5-11(4)13-8-6-7-12(9-13)10(2)3/h5-7,9-10,13H,1,4,8H2,2-3H3. The summed E-state index contributed by atoms with van der Waals surface area (Å²) in [5.74, 6) is 1.08. The molecule has 13 heavy (non-hydrogen) atoms. The largest absolute Gasteiger partial charge is 0.0988 e. The average Bonchev–Trinajstić information content (AvgIpc) is 2.17. The molecule has 0 amide bonds. The van der Waals surface area contributed by atoms with Crippen LogP contribution in [-0.2, 0) is 0 Å². The van der Waals surface area contributed by atoms with Gasteiger partial charge in [0.15, 0.2) is 0 Å². The second-order valence-corrected chi connectivity index (χ2v) is 3.84. The third-order valence-electron chi connectivity index (χ3n) is 2.50. The van der Waals surface area contributed by atoms with Crippen LogP contribution in [0.1, 0.15) is 20.3 Å². The van der Waals surface area contributed by atoms with Gasteiger partial charge in [0.2, 0.25) is 0 Å². The van der Waals surface area contributed by atoms with Gasteiger partial charge in [-0.1, -0.05) is 51.3 Å². The van der Waals surface area contributed by atoms with Crippen molar-refractivity contribution in [1.29, 1.82) is 0 Å². The summed E-state index contributed by atoms with van der Waals surface area (Å²) in [6.07, 6.45) is 9.69. The molecular weight excluding hydrogens is 156 g/mol. The van der Waals surface area contributed by atoms with Gasteiger partial charge in [0, 0.05) is 5.92 Å². The molecule has 0 fully saturated rings. The summed E-state index contributed by atoms with van der Waals surface area (Å²) in [5, 5.41) is 0. The summed E-state index contributed by atoms with van der Waals surface area (Å²) in [6, 6.07) is 0. The second-order valence-electron chi connectivity index (χ2n) is 3.84. The molecule has 0 bridgehead atoms. The lowest BCUT2D eigenvalue weighted by molar-refractivity contribution is 0.721. The van der Waals surface area contributed by atoms with E-state index in [1.165, 1.54) is 5.57 Å². The van der Waals surface area contributed by atoms with Crippen molar-refractivity contribution in [3.05, 3.63) is 48.6 Å². The Hall–Kier alpha value is -1.04. The highest BCUT2D eigenvalue weighted by atomic mass is 14.2. The first-order valence-electron chi connectivity index (χ1n) is 4.84. The highest BCUT2D eigenvalue weighted by Gasteiger charge is 2.12. The van der Waals surface area contributed by atoms with Gasteiger partial charge in [-0.3, -0.25) is 0 Å². The van der Waals surface area contributed by atoms with Crippen molar-refractivity contribution in [3.8, 4) is 0 Å². The zero-order chi connectivity index (χ0) is 9.84. The third kappa shape index (κ3) is 2.45. The molecular formula is C13H18. The monoisotopic (exact) mass is 174 g/mol. The molecule has 0 saturated carbocycles. The van der Waals surface area contributed by atoms with E-state index in [2.05, 4.69) is 45.2 Å². The predicted molar refractivity (Wildman–Crippen MR) is 59.5 cm³/mol. The summed E-state index contributed by atoms with van der Waals surface area (Å²) in [6.45, 7) is 12.2. The van der Waals surface area contributed by atoms with E-state index in [4.69, 9.17) is 0 Å². The highest BCUT2D eigenvalue weighted by Crippen LogP contribution is 2.26.